The summed E-state index contributed by atoms with van der Waals surface area (Å²) in [5.74, 6) is 0.135. The van der Waals surface area contributed by atoms with E-state index in [1.54, 1.807) is 4.90 Å². The molecular weight excluding hydrogens is 242 g/mol. The molecule has 3 rings (SSSR count). The first kappa shape index (κ1) is 12.6. The number of fused-ring (bicyclic) bond motifs is 1. The molecule has 1 aromatic rings. The molecule has 3 N–H and O–H groups in total. The lowest BCUT2D eigenvalue weighted by Crippen LogP contribution is -2.44. The van der Waals surface area contributed by atoms with Crippen molar-refractivity contribution in [2.75, 3.05) is 31.6 Å². The number of amides is 1. The molecule has 5 nitrogen and oxygen atoms in total. The summed E-state index contributed by atoms with van der Waals surface area (Å²) in [6.07, 6.45) is 0.470. The number of morpholine rings is 1. The van der Waals surface area contributed by atoms with Crippen molar-refractivity contribution >= 4 is 11.6 Å². The number of nitrogens with one attached hydrogen (secondary N) is 1. The van der Waals surface area contributed by atoms with Crippen LogP contribution in [0.15, 0.2) is 18.2 Å². The van der Waals surface area contributed by atoms with Gasteiger partial charge in [0.05, 0.1) is 25.2 Å². The smallest absolute Gasteiger partial charge is 0.231 e. The molecule has 0 saturated carbocycles. The van der Waals surface area contributed by atoms with E-state index in [2.05, 4.69) is 5.32 Å². The molecule has 19 heavy (non-hydrogen) atoms. The SMILES string of the molecule is CN1C(=O)Cc2cc(C(N)C3CNCCO3)ccc21. The Morgan fingerprint density at radius 2 is 2.37 bits per heavy atom. The van der Waals surface area contributed by atoms with Crippen molar-refractivity contribution in [1.29, 1.82) is 0 Å². The van der Waals surface area contributed by atoms with Gasteiger partial charge >= 0.3 is 0 Å². The summed E-state index contributed by atoms with van der Waals surface area (Å²) in [5, 5.41) is 3.28. The largest absolute Gasteiger partial charge is 0.374 e. The molecule has 0 aliphatic carbocycles. The number of carbonyl (C=O) groups is 1. The third-order valence-corrected chi connectivity index (χ3v) is 3.92. The van der Waals surface area contributed by atoms with Gasteiger partial charge in [-0.25, -0.2) is 0 Å². The van der Waals surface area contributed by atoms with Crippen LogP contribution in [-0.4, -0.2) is 38.8 Å². The van der Waals surface area contributed by atoms with E-state index >= 15 is 0 Å². The van der Waals surface area contributed by atoms with Crippen LogP contribution >= 0.6 is 0 Å². The van der Waals surface area contributed by atoms with Crippen LogP contribution in [0.5, 0.6) is 0 Å². The molecule has 0 bridgehead atoms. The normalized spacial score (nSPS) is 24.4. The van der Waals surface area contributed by atoms with Crippen LogP contribution in [0.4, 0.5) is 5.69 Å². The summed E-state index contributed by atoms with van der Waals surface area (Å²) in [4.78, 5) is 13.4. The van der Waals surface area contributed by atoms with Gasteiger partial charge in [-0.1, -0.05) is 12.1 Å². The molecule has 0 aromatic heterocycles. The second-order valence-corrected chi connectivity index (χ2v) is 5.16. The molecule has 2 unspecified atom stereocenters. The van der Waals surface area contributed by atoms with E-state index in [1.165, 1.54) is 0 Å². The zero-order valence-corrected chi connectivity index (χ0v) is 11.1. The number of anilines is 1. The molecule has 1 saturated heterocycles. The molecule has 1 fully saturated rings. The van der Waals surface area contributed by atoms with Gasteiger partial charge in [0.25, 0.3) is 0 Å². The maximum Gasteiger partial charge on any atom is 0.231 e. The second kappa shape index (κ2) is 4.92. The average Bonchev–Trinajstić information content (AvgIpc) is 2.74. The zero-order chi connectivity index (χ0) is 13.4. The van der Waals surface area contributed by atoms with E-state index in [-0.39, 0.29) is 18.1 Å². The highest BCUT2D eigenvalue weighted by molar-refractivity contribution is 6.00. The first-order chi connectivity index (χ1) is 9.16. The number of hydrogen-bond donors (Lipinski definition) is 2. The molecule has 1 amide bonds. The lowest BCUT2D eigenvalue weighted by molar-refractivity contribution is -0.117. The van der Waals surface area contributed by atoms with E-state index in [0.29, 0.717) is 13.0 Å². The Balaban J connectivity index is 1.82. The first-order valence-corrected chi connectivity index (χ1v) is 6.64. The van der Waals surface area contributed by atoms with Gasteiger partial charge in [-0.05, 0) is 17.2 Å². The Hall–Kier alpha value is -1.43. The first-order valence-electron chi connectivity index (χ1n) is 6.64. The van der Waals surface area contributed by atoms with Crippen molar-refractivity contribution in [1.82, 2.24) is 5.32 Å². The lowest BCUT2D eigenvalue weighted by atomic mass is 9.98. The van der Waals surface area contributed by atoms with Gasteiger partial charge in [-0.2, -0.15) is 0 Å². The maximum absolute atomic E-state index is 11.7. The maximum atomic E-state index is 11.7. The molecule has 102 valence electrons. The van der Waals surface area contributed by atoms with Gasteiger partial charge in [0, 0.05) is 25.8 Å². The fraction of sp³-hybridized carbons (Fsp3) is 0.500. The summed E-state index contributed by atoms with van der Waals surface area (Å²) in [6, 6.07) is 5.86. The molecule has 5 heteroatoms. The number of carbonyl (C=O) groups excluding carboxylic acids is 1. The van der Waals surface area contributed by atoms with Crippen LogP contribution in [-0.2, 0) is 16.0 Å². The van der Waals surface area contributed by atoms with E-state index in [0.717, 1.165) is 29.9 Å². The van der Waals surface area contributed by atoms with Crippen molar-refractivity contribution in [3.63, 3.8) is 0 Å². The van der Waals surface area contributed by atoms with Crippen LogP contribution in [0.1, 0.15) is 17.2 Å². The quantitative estimate of drug-likeness (QED) is 0.797. The number of benzene rings is 1. The van der Waals surface area contributed by atoms with Crippen molar-refractivity contribution < 1.29 is 9.53 Å². The van der Waals surface area contributed by atoms with Crippen LogP contribution in [0.2, 0.25) is 0 Å². The summed E-state index contributed by atoms with van der Waals surface area (Å²) in [6.45, 7) is 2.36. The molecule has 0 radical (unpaired) electrons. The Morgan fingerprint density at radius 1 is 1.53 bits per heavy atom. The topological polar surface area (TPSA) is 67.6 Å². The van der Waals surface area contributed by atoms with Gasteiger partial charge in [-0.15, -0.1) is 0 Å². The third-order valence-electron chi connectivity index (χ3n) is 3.92. The molecule has 2 aliphatic heterocycles. The van der Waals surface area contributed by atoms with E-state index in [4.69, 9.17) is 10.5 Å². The van der Waals surface area contributed by atoms with Gasteiger partial charge in [-0.3, -0.25) is 4.79 Å². The highest BCUT2D eigenvalue weighted by Gasteiger charge is 2.27. The van der Waals surface area contributed by atoms with Gasteiger partial charge in [0.2, 0.25) is 5.91 Å². The predicted octanol–water partition coefficient (Wildman–Crippen LogP) is 0.194. The molecule has 1 aromatic carbocycles. The van der Waals surface area contributed by atoms with E-state index < -0.39 is 0 Å². The number of nitrogens with two attached hydrogens (primary N) is 1. The van der Waals surface area contributed by atoms with Gasteiger partial charge in [0.15, 0.2) is 0 Å². The van der Waals surface area contributed by atoms with E-state index in [9.17, 15) is 4.79 Å². The van der Waals surface area contributed by atoms with Crippen LogP contribution < -0.4 is 16.0 Å². The highest BCUT2D eigenvalue weighted by atomic mass is 16.5. The highest BCUT2D eigenvalue weighted by Crippen LogP contribution is 2.30. The number of rotatable bonds is 2. The van der Waals surface area contributed by atoms with Crippen molar-refractivity contribution in [3.05, 3.63) is 29.3 Å². The monoisotopic (exact) mass is 261 g/mol. The molecule has 2 atom stereocenters. The minimum absolute atomic E-state index is 0.00151. The summed E-state index contributed by atoms with van der Waals surface area (Å²) in [7, 11) is 1.81. The lowest BCUT2D eigenvalue weighted by Gasteiger charge is -2.29. The Kier molecular flexibility index (Phi) is 3.26. The number of nitrogens with zero attached hydrogens (tertiary/aromatic N) is 1. The fourth-order valence-corrected chi connectivity index (χ4v) is 2.73. The fourth-order valence-electron chi connectivity index (χ4n) is 2.73. The van der Waals surface area contributed by atoms with Crippen LogP contribution in [0, 0.1) is 0 Å². The summed E-state index contributed by atoms with van der Waals surface area (Å²) >= 11 is 0. The molecule has 2 aliphatic rings. The standard InChI is InChI=1S/C14H19N3O2/c1-17-11-3-2-9(6-10(11)7-13(17)18)14(15)12-8-16-4-5-19-12/h2-3,6,12,14,16H,4-5,7-8,15H2,1H3. The summed E-state index contributed by atoms with van der Waals surface area (Å²) < 4.78 is 5.69. The number of hydrogen-bond acceptors (Lipinski definition) is 4. The Morgan fingerprint density at radius 3 is 3.11 bits per heavy atom. The Bertz CT molecular complexity index is 497. The van der Waals surface area contributed by atoms with Gasteiger partial charge < -0.3 is 20.7 Å². The van der Waals surface area contributed by atoms with Crippen molar-refractivity contribution in [2.45, 2.75) is 18.6 Å². The molecule has 2 heterocycles. The van der Waals surface area contributed by atoms with Gasteiger partial charge in [0.1, 0.15) is 0 Å². The zero-order valence-electron chi connectivity index (χ0n) is 11.1. The van der Waals surface area contributed by atoms with Crippen LogP contribution in [0.25, 0.3) is 0 Å². The molecule has 0 spiro atoms. The minimum atomic E-state index is -0.154. The average molecular weight is 261 g/mol. The van der Waals surface area contributed by atoms with Crippen LogP contribution in [0.3, 0.4) is 0 Å². The Labute approximate surface area is 112 Å². The molecular formula is C14H19N3O2. The van der Waals surface area contributed by atoms with Crippen molar-refractivity contribution in [2.24, 2.45) is 5.73 Å². The third kappa shape index (κ3) is 2.25. The minimum Gasteiger partial charge on any atom is -0.374 e. The summed E-state index contributed by atoms with van der Waals surface area (Å²) in [5.41, 5.74) is 9.36. The predicted molar refractivity (Wildman–Crippen MR) is 73.1 cm³/mol. The van der Waals surface area contributed by atoms with E-state index in [1.807, 2.05) is 25.2 Å². The number of likely N-dealkylation sites (N-methyl/N-ethyl adjacent to an activating group) is 1. The van der Waals surface area contributed by atoms with Crippen molar-refractivity contribution in [3.8, 4) is 0 Å². The second-order valence-electron chi connectivity index (χ2n) is 5.16. The number of ether oxygens (including phenoxy) is 1.